The van der Waals surface area contributed by atoms with E-state index in [2.05, 4.69) is 10.3 Å². The molecule has 3 N–H and O–H groups in total. The monoisotopic (exact) mass is 209 g/mol. The van der Waals surface area contributed by atoms with E-state index in [1.807, 2.05) is 0 Å². The van der Waals surface area contributed by atoms with Crippen molar-refractivity contribution in [3.63, 3.8) is 0 Å². The van der Waals surface area contributed by atoms with Crippen LogP contribution in [0.5, 0.6) is 0 Å². The smallest absolute Gasteiger partial charge is 0.263 e. The molecule has 1 saturated carbocycles. The molecule has 0 saturated heterocycles. The highest BCUT2D eigenvalue weighted by Crippen LogP contribution is 2.43. The molecular weight excluding hydrogens is 194 g/mol. The number of amides is 2. The van der Waals surface area contributed by atoms with Crippen LogP contribution in [0.1, 0.15) is 33.1 Å². The van der Waals surface area contributed by atoms with Crippen LogP contribution in [0, 0.1) is 5.41 Å². The van der Waals surface area contributed by atoms with Gasteiger partial charge in [-0.3, -0.25) is 9.59 Å². The summed E-state index contributed by atoms with van der Waals surface area (Å²) in [7, 11) is 0. The van der Waals surface area contributed by atoms with E-state index in [9.17, 15) is 9.59 Å². The quantitative estimate of drug-likeness (QED) is 0.594. The molecule has 82 valence electrons. The van der Waals surface area contributed by atoms with E-state index in [4.69, 9.17) is 5.73 Å². The van der Waals surface area contributed by atoms with E-state index in [0.717, 1.165) is 6.42 Å². The fourth-order valence-corrected chi connectivity index (χ4v) is 1.84. The lowest BCUT2D eigenvalue weighted by Crippen LogP contribution is -2.61. The van der Waals surface area contributed by atoms with Crippen LogP contribution in [0.2, 0.25) is 0 Å². The first-order chi connectivity index (χ1) is 6.86. The van der Waals surface area contributed by atoms with Crippen molar-refractivity contribution in [2.75, 3.05) is 0 Å². The molecule has 0 atom stereocenters. The summed E-state index contributed by atoms with van der Waals surface area (Å²) in [5.41, 5.74) is 4.14. The summed E-state index contributed by atoms with van der Waals surface area (Å²) in [6, 6.07) is 0. The molecule has 1 aliphatic carbocycles. The molecule has 5 heteroatoms. The van der Waals surface area contributed by atoms with E-state index < -0.39 is 11.0 Å². The molecule has 0 aromatic rings. The minimum atomic E-state index is -0.866. The number of aliphatic imine (C=N–C) groups is 1. The average Bonchev–Trinajstić information content (AvgIpc) is 1.98. The van der Waals surface area contributed by atoms with Crippen LogP contribution < -0.4 is 11.1 Å². The summed E-state index contributed by atoms with van der Waals surface area (Å²) in [5, 5.41) is 2.64. The van der Waals surface area contributed by atoms with Gasteiger partial charge in [0.2, 0.25) is 5.91 Å². The second-order valence-electron chi connectivity index (χ2n) is 4.88. The number of amidine groups is 1. The molecule has 1 heterocycles. The molecule has 5 nitrogen and oxygen atoms in total. The van der Waals surface area contributed by atoms with Crippen LogP contribution in [0.4, 0.5) is 0 Å². The Morgan fingerprint density at radius 1 is 1.40 bits per heavy atom. The number of carbonyl (C=O) groups is 2. The summed E-state index contributed by atoms with van der Waals surface area (Å²) in [5.74, 6) is -0.289. The van der Waals surface area contributed by atoms with Crippen molar-refractivity contribution >= 4 is 17.6 Å². The SMILES string of the molecule is CC(C)(N)C1=NC(=O)C2(CCC2)C(=O)N1. The third-order valence-corrected chi connectivity index (χ3v) is 3.11. The van der Waals surface area contributed by atoms with E-state index in [0.29, 0.717) is 12.8 Å². The fourth-order valence-electron chi connectivity index (χ4n) is 1.84. The predicted octanol–water partition coefficient (Wildman–Crippen LogP) is -0.0511. The largest absolute Gasteiger partial charge is 0.319 e. The zero-order valence-electron chi connectivity index (χ0n) is 8.96. The Balaban J connectivity index is 2.33. The summed E-state index contributed by atoms with van der Waals surface area (Å²) in [6.07, 6.45) is 2.13. The van der Waals surface area contributed by atoms with Gasteiger partial charge in [0, 0.05) is 0 Å². The van der Waals surface area contributed by atoms with Crippen LogP contribution >= 0.6 is 0 Å². The third kappa shape index (κ3) is 1.38. The highest BCUT2D eigenvalue weighted by molar-refractivity contribution is 6.21. The third-order valence-electron chi connectivity index (χ3n) is 3.11. The lowest BCUT2D eigenvalue weighted by atomic mass is 9.66. The highest BCUT2D eigenvalue weighted by atomic mass is 16.2. The van der Waals surface area contributed by atoms with Gasteiger partial charge >= 0.3 is 0 Å². The van der Waals surface area contributed by atoms with Crippen molar-refractivity contribution in [1.29, 1.82) is 0 Å². The molecule has 0 unspecified atom stereocenters. The van der Waals surface area contributed by atoms with Crippen molar-refractivity contribution in [2.45, 2.75) is 38.6 Å². The van der Waals surface area contributed by atoms with E-state index in [1.54, 1.807) is 13.8 Å². The van der Waals surface area contributed by atoms with Crippen LogP contribution in [0.15, 0.2) is 4.99 Å². The molecule has 1 spiro atoms. The van der Waals surface area contributed by atoms with Crippen molar-refractivity contribution in [2.24, 2.45) is 16.1 Å². The minimum absolute atomic E-state index is 0.234. The van der Waals surface area contributed by atoms with Gasteiger partial charge in [-0.1, -0.05) is 6.42 Å². The van der Waals surface area contributed by atoms with Gasteiger partial charge in [0.15, 0.2) is 0 Å². The van der Waals surface area contributed by atoms with Crippen LogP contribution in [0.3, 0.4) is 0 Å². The lowest BCUT2D eigenvalue weighted by Gasteiger charge is -2.41. The van der Waals surface area contributed by atoms with E-state index in [1.165, 1.54) is 0 Å². The molecule has 0 aromatic heterocycles. The van der Waals surface area contributed by atoms with Crippen LogP contribution in [-0.4, -0.2) is 23.2 Å². The number of nitrogens with one attached hydrogen (secondary N) is 1. The summed E-state index contributed by atoms with van der Waals surface area (Å²) < 4.78 is 0. The van der Waals surface area contributed by atoms with Gasteiger partial charge < -0.3 is 11.1 Å². The number of nitrogens with zero attached hydrogens (tertiary/aromatic N) is 1. The zero-order valence-corrected chi connectivity index (χ0v) is 8.96. The predicted molar refractivity (Wildman–Crippen MR) is 55.1 cm³/mol. The highest BCUT2D eigenvalue weighted by Gasteiger charge is 2.53. The van der Waals surface area contributed by atoms with Gasteiger partial charge in [-0.2, -0.15) is 4.99 Å². The standard InChI is InChI=1S/C10H15N3O2/c1-9(2,11)6-12-7(14)10(4-3-5-10)8(15)13-6/h3-5,11H2,1-2H3,(H,12,13,14,15). The van der Waals surface area contributed by atoms with Gasteiger partial charge in [-0.25, -0.2) is 0 Å². The molecule has 1 aliphatic heterocycles. The zero-order chi connectivity index (χ0) is 11.3. The molecule has 1 fully saturated rings. The summed E-state index contributed by atoms with van der Waals surface area (Å²) >= 11 is 0. The molecule has 0 bridgehead atoms. The normalized spacial score (nSPS) is 24.6. The Hall–Kier alpha value is -1.23. The van der Waals surface area contributed by atoms with Crippen molar-refractivity contribution < 1.29 is 9.59 Å². The maximum Gasteiger partial charge on any atom is 0.263 e. The Labute approximate surface area is 88.1 Å². The molecule has 2 rings (SSSR count). The van der Waals surface area contributed by atoms with Gasteiger partial charge in [-0.05, 0) is 26.7 Å². The van der Waals surface area contributed by atoms with Gasteiger partial charge in [0.05, 0.1) is 5.54 Å². The number of rotatable bonds is 1. The molecule has 2 aliphatic rings. The van der Waals surface area contributed by atoms with Gasteiger partial charge in [-0.15, -0.1) is 0 Å². The van der Waals surface area contributed by atoms with E-state index >= 15 is 0 Å². The fraction of sp³-hybridized carbons (Fsp3) is 0.700. The Kier molecular flexibility index (Phi) is 1.98. The average molecular weight is 209 g/mol. The second-order valence-corrected chi connectivity index (χ2v) is 4.88. The number of hydrogen-bond acceptors (Lipinski definition) is 3. The summed E-state index contributed by atoms with van der Waals surface area (Å²) in [4.78, 5) is 27.5. The maximum absolute atomic E-state index is 11.8. The second kappa shape index (κ2) is 2.88. The molecule has 0 radical (unpaired) electrons. The maximum atomic E-state index is 11.8. The number of carbonyl (C=O) groups excluding carboxylic acids is 2. The molecule has 0 aromatic carbocycles. The first kappa shape index (κ1) is 10.3. The van der Waals surface area contributed by atoms with E-state index in [-0.39, 0.29) is 17.6 Å². The molecule has 2 amide bonds. The summed E-state index contributed by atoms with van der Waals surface area (Å²) in [6.45, 7) is 3.41. The van der Waals surface area contributed by atoms with Crippen LogP contribution in [0.25, 0.3) is 0 Å². The lowest BCUT2D eigenvalue weighted by molar-refractivity contribution is -0.147. The Morgan fingerprint density at radius 2 is 2.00 bits per heavy atom. The van der Waals surface area contributed by atoms with Gasteiger partial charge in [0.25, 0.3) is 5.91 Å². The minimum Gasteiger partial charge on any atom is -0.319 e. The van der Waals surface area contributed by atoms with Gasteiger partial charge in [0.1, 0.15) is 11.3 Å². The van der Waals surface area contributed by atoms with Crippen LogP contribution in [-0.2, 0) is 9.59 Å². The Morgan fingerprint density at radius 3 is 2.33 bits per heavy atom. The topological polar surface area (TPSA) is 84.5 Å². The van der Waals surface area contributed by atoms with Crippen molar-refractivity contribution in [3.05, 3.63) is 0 Å². The van der Waals surface area contributed by atoms with Crippen molar-refractivity contribution in [3.8, 4) is 0 Å². The number of hydrogen-bond donors (Lipinski definition) is 2. The number of nitrogens with two attached hydrogens (primary N) is 1. The first-order valence-electron chi connectivity index (χ1n) is 5.10. The Bertz CT molecular complexity index is 361. The first-order valence-corrected chi connectivity index (χ1v) is 5.10. The van der Waals surface area contributed by atoms with Crippen molar-refractivity contribution in [1.82, 2.24) is 5.32 Å². The molecule has 15 heavy (non-hydrogen) atoms. The molecular formula is C10H15N3O2.